The lowest BCUT2D eigenvalue weighted by molar-refractivity contribution is 0.0760. The van der Waals surface area contributed by atoms with Crippen molar-refractivity contribution in [1.82, 2.24) is 0 Å². The maximum atomic E-state index is 13.2. The van der Waals surface area contributed by atoms with Crippen molar-refractivity contribution in [3.8, 4) is 0 Å². The van der Waals surface area contributed by atoms with Gasteiger partial charge >= 0.3 is 0 Å². The first-order valence-electron chi connectivity index (χ1n) is 3.90. The third-order valence-electron chi connectivity index (χ3n) is 1.65. The Morgan fingerprint density at radius 1 is 1.31 bits per heavy atom. The minimum absolute atomic E-state index is 0.399. The summed E-state index contributed by atoms with van der Waals surface area (Å²) in [6.07, 6.45) is 0. The van der Waals surface area contributed by atoms with E-state index in [1.54, 1.807) is 24.3 Å². The van der Waals surface area contributed by atoms with Crippen LogP contribution in [0, 0.1) is 0 Å². The largest absolute Gasteiger partial charge is 0.291 e. The summed E-state index contributed by atoms with van der Waals surface area (Å²) in [6.45, 7) is 2.52. The molecule has 0 atom stereocenters. The smallest absolute Gasteiger partial charge is 0.199 e. The van der Waals surface area contributed by atoms with Gasteiger partial charge in [-0.3, -0.25) is 4.79 Å². The van der Waals surface area contributed by atoms with E-state index in [1.165, 1.54) is 13.8 Å². The van der Waals surface area contributed by atoms with Crippen molar-refractivity contribution in [2.24, 2.45) is 0 Å². The van der Waals surface area contributed by atoms with Crippen LogP contribution in [0.3, 0.4) is 0 Å². The predicted octanol–water partition coefficient (Wildman–Crippen LogP) is 3.38. The van der Waals surface area contributed by atoms with Crippen LogP contribution in [0.25, 0.3) is 0 Å². The van der Waals surface area contributed by atoms with Gasteiger partial charge in [-0.05, 0) is 26.0 Å². The molecule has 0 saturated heterocycles. The van der Waals surface area contributed by atoms with Crippen molar-refractivity contribution >= 4 is 21.7 Å². The Kier molecular flexibility index (Phi) is 2.86. The highest BCUT2D eigenvalue weighted by Crippen LogP contribution is 2.18. The van der Waals surface area contributed by atoms with Gasteiger partial charge in [0.15, 0.2) is 11.5 Å². The summed E-state index contributed by atoms with van der Waals surface area (Å²) in [5, 5.41) is 0. The Morgan fingerprint density at radius 3 is 2.15 bits per heavy atom. The zero-order valence-corrected chi connectivity index (χ0v) is 9.06. The van der Waals surface area contributed by atoms with Gasteiger partial charge in [-0.1, -0.05) is 28.1 Å². The SMILES string of the molecule is CC(C)(F)C(=O)c1ccc(Br)cc1. The van der Waals surface area contributed by atoms with E-state index in [9.17, 15) is 9.18 Å². The molecule has 0 aliphatic heterocycles. The van der Waals surface area contributed by atoms with Crippen LogP contribution < -0.4 is 0 Å². The average molecular weight is 245 g/mol. The highest BCUT2D eigenvalue weighted by molar-refractivity contribution is 9.10. The normalized spacial score (nSPS) is 11.4. The highest BCUT2D eigenvalue weighted by Gasteiger charge is 2.27. The molecule has 1 nitrogen and oxygen atoms in total. The lowest BCUT2D eigenvalue weighted by Gasteiger charge is -2.12. The van der Waals surface area contributed by atoms with E-state index >= 15 is 0 Å². The number of hydrogen-bond donors (Lipinski definition) is 0. The second-order valence-electron chi connectivity index (χ2n) is 3.31. The van der Waals surface area contributed by atoms with Crippen LogP contribution in [0.5, 0.6) is 0 Å². The summed E-state index contributed by atoms with van der Waals surface area (Å²) in [4.78, 5) is 11.4. The number of Topliss-reactive ketones (excluding diaryl/α,β-unsaturated/α-hetero) is 1. The summed E-state index contributed by atoms with van der Waals surface area (Å²) in [5.41, 5.74) is -1.40. The van der Waals surface area contributed by atoms with Gasteiger partial charge in [0, 0.05) is 10.0 Å². The fourth-order valence-electron chi connectivity index (χ4n) is 0.944. The molecule has 1 aromatic carbocycles. The van der Waals surface area contributed by atoms with Crippen LogP contribution in [0.15, 0.2) is 28.7 Å². The molecule has 0 aliphatic rings. The number of carbonyl (C=O) groups is 1. The van der Waals surface area contributed by atoms with Gasteiger partial charge in [0.05, 0.1) is 0 Å². The number of benzene rings is 1. The summed E-state index contributed by atoms with van der Waals surface area (Å²) in [7, 11) is 0. The molecule has 0 spiro atoms. The Morgan fingerprint density at radius 2 is 1.77 bits per heavy atom. The molecule has 0 saturated carbocycles. The summed E-state index contributed by atoms with van der Waals surface area (Å²) < 4.78 is 14.1. The molecule has 13 heavy (non-hydrogen) atoms. The molecule has 0 bridgehead atoms. The van der Waals surface area contributed by atoms with Crippen LogP contribution in [0.2, 0.25) is 0 Å². The number of halogens is 2. The number of ketones is 1. The molecule has 0 N–H and O–H groups in total. The molecule has 0 radical (unpaired) electrons. The minimum Gasteiger partial charge on any atom is -0.291 e. The zero-order valence-electron chi connectivity index (χ0n) is 7.47. The molecule has 3 heteroatoms. The lowest BCUT2D eigenvalue weighted by atomic mass is 9.99. The Labute approximate surface area is 85.1 Å². The van der Waals surface area contributed by atoms with E-state index < -0.39 is 11.5 Å². The summed E-state index contributed by atoms with van der Waals surface area (Å²) in [5.74, 6) is -0.486. The molecule has 70 valence electrons. The molecular weight excluding hydrogens is 235 g/mol. The molecule has 0 fully saturated rings. The predicted molar refractivity (Wildman–Crippen MR) is 53.7 cm³/mol. The maximum Gasteiger partial charge on any atom is 0.199 e. The Balaban J connectivity index is 2.97. The number of alkyl halides is 1. The number of carbonyl (C=O) groups excluding carboxylic acids is 1. The van der Waals surface area contributed by atoms with Crippen LogP contribution in [0.1, 0.15) is 24.2 Å². The molecular formula is C10H10BrFO. The van der Waals surface area contributed by atoms with E-state index in [-0.39, 0.29) is 0 Å². The van der Waals surface area contributed by atoms with Gasteiger partial charge in [0.2, 0.25) is 0 Å². The van der Waals surface area contributed by atoms with Gasteiger partial charge in [0.25, 0.3) is 0 Å². The second kappa shape index (κ2) is 3.58. The van der Waals surface area contributed by atoms with E-state index in [2.05, 4.69) is 15.9 Å². The van der Waals surface area contributed by atoms with Crippen LogP contribution in [-0.2, 0) is 0 Å². The van der Waals surface area contributed by atoms with Crippen molar-refractivity contribution in [3.05, 3.63) is 34.3 Å². The van der Waals surface area contributed by atoms with Crippen molar-refractivity contribution in [1.29, 1.82) is 0 Å². The number of hydrogen-bond acceptors (Lipinski definition) is 1. The zero-order chi connectivity index (χ0) is 10.1. The molecule has 1 aromatic rings. The Bertz CT molecular complexity index is 311. The first kappa shape index (κ1) is 10.4. The van der Waals surface area contributed by atoms with Gasteiger partial charge in [-0.25, -0.2) is 4.39 Å². The van der Waals surface area contributed by atoms with E-state index in [1.807, 2.05) is 0 Å². The standard InChI is InChI=1S/C10H10BrFO/c1-10(2,12)9(13)7-3-5-8(11)6-4-7/h3-6H,1-2H3. The van der Waals surface area contributed by atoms with Gasteiger partial charge in [-0.2, -0.15) is 0 Å². The second-order valence-corrected chi connectivity index (χ2v) is 4.22. The van der Waals surface area contributed by atoms with Gasteiger partial charge in [0.1, 0.15) is 0 Å². The maximum absolute atomic E-state index is 13.2. The first-order valence-corrected chi connectivity index (χ1v) is 4.70. The summed E-state index contributed by atoms with van der Waals surface area (Å²) in [6, 6.07) is 6.65. The first-order chi connectivity index (χ1) is 5.91. The third kappa shape index (κ3) is 2.62. The topological polar surface area (TPSA) is 17.1 Å². The van der Waals surface area contributed by atoms with Crippen LogP contribution in [0.4, 0.5) is 4.39 Å². The van der Waals surface area contributed by atoms with Gasteiger partial charge in [-0.15, -0.1) is 0 Å². The van der Waals surface area contributed by atoms with Crippen molar-refractivity contribution in [2.75, 3.05) is 0 Å². The average Bonchev–Trinajstić information content (AvgIpc) is 2.03. The van der Waals surface area contributed by atoms with E-state index in [0.29, 0.717) is 5.56 Å². The molecule has 0 heterocycles. The van der Waals surface area contributed by atoms with Crippen molar-refractivity contribution in [2.45, 2.75) is 19.5 Å². The molecule has 0 amide bonds. The Hall–Kier alpha value is -0.700. The van der Waals surface area contributed by atoms with E-state index in [4.69, 9.17) is 0 Å². The highest BCUT2D eigenvalue weighted by atomic mass is 79.9. The molecule has 0 aromatic heterocycles. The number of rotatable bonds is 2. The van der Waals surface area contributed by atoms with E-state index in [0.717, 1.165) is 4.47 Å². The fourth-order valence-corrected chi connectivity index (χ4v) is 1.21. The quantitative estimate of drug-likeness (QED) is 0.730. The minimum atomic E-state index is -1.80. The fraction of sp³-hybridized carbons (Fsp3) is 0.300. The molecule has 1 rings (SSSR count). The van der Waals surface area contributed by atoms with Crippen molar-refractivity contribution in [3.63, 3.8) is 0 Å². The van der Waals surface area contributed by atoms with Gasteiger partial charge < -0.3 is 0 Å². The lowest BCUT2D eigenvalue weighted by Crippen LogP contribution is -2.25. The molecule has 0 unspecified atom stereocenters. The van der Waals surface area contributed by atoms with Crippen LogP contribution >= 0.6 is 15.9 Å². The van der Waals surface area contributed by atoms with Crippen molar-refractivity contribution < 1.29 is 9.18 Å². The molecule has 0 aliphatic carbocycles. The third-order valence-corrected chi connectivity index (χ3v) is 2.18. The summed E-state index contributed by atoms with van der Waals surface area (Å²) >= 11 is 3.24. The van der Waals surface area contributed by atoms with Crippen LogP contribution in [-0.4, -0.2) is 11.5 Å². The monoisotopic (exact) mass is 244 g/mol.